The molecule has 0 aliphatic carbocycles. The monoisotopic (exact) mass is 225 g/mol. The Morgan fingerprint density at radius 2 is 1.94 bits per heavy atom. The van der Waals surface area contributed by atoms with E-state index in [-0.39, 0.29) is 11.3 Å². The van der Waals surface area contributed by atoms with Gasteiger partial charge in [0.2, 0.25) is 0 Å². The first-order valence-corrected chi connectivity index (χ1v) is 4.85. The van der Waals surface area contributed by atoms with Crippen molar-refractivity contribution in [1.29, 1.82) is 5.26 Å². The second-order valence-electron chi connectivity index (χ2n) is 3.43. The largest absolute Gasteiger partial charge is 0.369 e. The van der Waals surface area contributed by atoms with E-state index in [1.807, 2.05) is 0 Å². The zero-order valence-corrected chi connectivity index (χ0v) is 9.22. The van der Waals surface area contributed by atoms with E-state index < -0.39 is 11.6 Å². The number of hydrogen-bond acceptors (Lipinski definition) is 3. The number of nitriles is 1. The van der Waals surface area contributed by atoms with Gasteiger partial charge in [0.15, 0.2) is 11.6 Å². The lowest BCUT2D eigenvalue weighted by Gasteiger charge is -2.20. The van der Waals surface area contributed by atoms with Gasteiger partial charge in [0.25, 0.3) is 0 Å². The van der Waals surface area contributed by atoms with E-state index in [0.29, 0.717) is 13.1 Å². The average molecular weight is 225 g/mol. The summed E-state index contributed by atoms with van der Waals surface area (Å²) in [5.74, 6) is -1.43. The molecule has 1 aromatic rings. The summed E-state index contributed by atoms with van der Waals surface area (Å²) in [6, 6.07) is 3.78. The molecule has 0 aromatic heterocycles. The summed E-state index contributed by atoms with van der Waals surface area (Å²) in [5.41, 5.74) is -0.116. The summed E-state index contributed by atoms with van der Waals surface area (Å²) in [6.07, 6.45) is 0. The van der Waals surface area contributed by atoms with Gasteiger partial charge in [-0.05, 0) is 19.2 Å². The van der Waals surface area contributed by atoms with E-state index in [1.54, 1.807) is 20.2 Å². The van der Waals surface area contributed by atoms with Crippen molar-refractivity contribution in [3.8, 4) is 6.07 Å². The van der Waals surface area contributed by atoms with E-state index >= 15 is 0 Å². The number of hydrogen-bond donors (Lipinski definition) is 1. The summed E-state index contributed by atoms with van der Waals surface area (Å²) in [6.45, 7) is 1.10. The third kappa shape index (κ3) is 2.67. The molecule has 0 spiro atoms. The van der Waals surface area contributed by atoms with Crippen LogP contribution in [0.3, 0.4) is 0 Å². The van der Waals surface area contributed by atoms with Gasteiger partial charge >= 0.3 is 0 Å². The fourth-order valence-electron chi connectivity index (χ4n) is 1.39. The van der Waals surface area contributed by atoms with Crippen LogP contribution >= 0.6 is 0 Å². The minimum Gasteiger partial charge on any atom is -0.369 e. The van der Waals surface area contributed by atoms with Crippen molar-refractivity contribution >= 4 is 5.69 Å². The topological polar surface area (TPSA) is 39.1 Å². The van der Waals surface area contributed by atoms with Crippen LogP contribution in [0.2, 0.25) is 0 Å². The van der Waals surface area contributed by atoms with Crippen molar-refractivity contribution in [3.05, 3.63) is 29.3 Å². The zero-order chi connectivity index (χ0) is 12.1. The van der Waals surface area contributed by atoms with Crippen LogP contribution in [0.5, 0.6) is 0 Å². The maximum atomic E-state index is 13.5. The molecule has 0 radical (unpaired) electrons. The second-order valence-corrected chi connectivity index (χ2v) is 3.43. The molecule has 0 heterocycles. The Bertz CT molecular complexity index is 389. The molecule has 0 bridgehead atoms. The minimum absolute atomic E-state index is 0.0132. The molecule has 1 aromatic carbocycles. The Hall–Kier alpha value is -1.67. The zero-order valence-electron chi connectivity index (χ0n) is 9.22. The molecule has 0 saturated heterocycles. The summed E-state index contributed by atoms with van der Waals surface area (Å²) in [4.78, 5) is 1.47. The summed E-state index contributed by atoms with van der Waals surface area (Å²) in [7, 11) is 3.37. The molecule has 3 nitrogen and oxygen atoms in total. The Balaban J connectivity index is 3.01. The molecule has 0 atom stereocenters. The molecule has 1 N–H and O–H groups in total. The van der Waals surface area contributed by atoms with Crippen LogP contribution in [0.4, 0.5) is 14.5 Å². The summed E-state index contributed by atoms with van der Waals surface area (Å²) in [5, 5.41) is 11.4. The van der Waals surface area contributed by atoms with Crippen molar-refractivity contribution in [2.45, 2.75) is 0 Å². The van der Waals surface area contributed by atoms with Gasteiger partial charge in [-0.3, -0.25) is 0 Å². The van der Waals surface area contributed by atoms with E-state index in [0.717, 1.165) is 12.1 Å². The molecule has 0 amide bonds. The Labute approximate surface area is 93.3 Å². The summed E-state index contributed by atoms with van der Waals surface area (Å²) >= 11 is 0. The van der Waals surface area contributed by atoms with Crippen LogP contribution in [0.1, 0.15) is 5.56 Å². The Morgan fingerprint density at radius 3 is 2.38 bits per heavy atom. The number of anilines is 1. The third-order valence-electron chi connectivity index (χ3n) is 2.22. The predicted octanol–water partition coefficient (Wildman–Crippen LogP) is 1.49. The molecule has 16 heavy (non-hydrogen) atoms. The lowest BCUT2D eigenvalue weighted by atomic mass is 10.2. The van der Waals surface area contributed by atoms with Crippen LogP contribution in [-0.2, 0) is 0 Å². The molecule has 1 rings (SSSR count). The first kappa shape index (κ1) is 12.4. The van der Waals surface area contributed by atoms with Gasteiger partial charge in [0, 0.05) is 20.1 Å². The summed E-state index contributed by atoms with van der Waals surface area (Å²) < 4.78 is 27.0. The van der Waals surface area contributed by atoms with E-state index in [2.05, 4.69) is 5.32 Å². The first-order chi connectivity index (χ1) is 7.60. The number of nitrogens with zero attached hydrogens (tertiary/aromatic N) is 2. The normalized spacial score (nSPS) is 9.94. The van der Waals surface area contributed by atoms with Crippen molar-refractivity contribution in [3.63, 3.8) is 0 Å². The van der Waals surface area contributed by atoms with Gasteiger partial charge in [0.1, 0.15) is 5.69 Å². The lowest BCUT2D eigenvalue weighted by Crippen LogP contribution is -2.28. The van der Waals surface area contributed by atoms with E-state index in [9.17, 15) is 8.78 Å². The molecule has 0 aliphatic rings. The van der Waals surface area contributed by atoms with Gasteiger partial charge in [-0.1, -0.05) is 0 Å². The molecular formula is C11H13F2N3. The minimum atomic E-state index is -0.713. The van der Waals surface area contributed by atoms with Gasteiger partial charge in [-0.25, -0.2) is 8.78 Å². The smallest absolute Gasteiger partial charge is 0.150 e. The highest BCUT2D eigenvalue weighted by molar-refractivity contribution is 5.52. The Kier molecular flexibility index (Phi) is 4.20. The van der Waals surface area contributed by atoms with Crippen molar-refractivity contribution in [1.82, 2.24) is 5.32 Å². The van der Waals surface area contributed by atoms with Crippen LogP contribution in [0, 0.1) is 23.0 Å². The van der Waals surface area contributed by atoms with Gasteiger partial charge in [0.05, 0.1) is 11.6 Å². The SMILES string of the molecule is CNCCN(C)c1c(F)cc(C#N)cc1F. The predicted molar refractivity (Wildman–Crippen MR) is 58.3 cm³/mol. The van der Waals surface area contributed by atoms with Crippen LogP contribution < -0.4 is 10.2 Å². The van der Waals surface area contributed by atoms with Gasteiger partial charge in [-0.2, -0.15) is 5.26 Å². The highest BCUT2D eigenvalue weighted by atomic mass is 19.1. The highest BCUT2D eigenvalue weighted by Crippen LogP contribution is 2.23. The number of nitrogens with one attached hydrogen (secondary N) is 1. The molecule has 0 aliphatic heterocycles. The van der Waals surface area contributed by atoms with Gasteiger partial charge in [-0.15, -0.1) is 0 Å². The van der Waals surface area contributed by atoms with E-state index in [1.165, 1.54) is 4.90 Å². The first-order valence-electron chi connectivity index (χ1n) is 4.85. The Morgan fingerprint density at radius 1 is 1.38 bits per heavy atom. The molecule has 0 unspecified atom stereocenters. The molecular weight excluding hydrogens is 212 g/mol. The lowest BCUT2D eigenvalue weighted by molar-refractivity contribution is 0.574. The number of benzene rings is 1. The third-order valence-corrected chi connectivity index (χ3v) is 2.22. The fraction of sp³-hybridized carbons (Fsp3) is 0.364. The number of rotatable bonds is 4. The van der Waals surface area contributed by atoms with E-state index in [4.69, 9.17) is 5.26 Å². The average Bonchev–Trinajstić information content (AvgIpc) is 2.25. The molecule has 0 fully saturated rings. The van der Waals surface area contributed by atoms with Crippen molar-refractivity contribution in [2.75, 3.05) is 32.1 Å². The van der Waals surface area contributed by atoms with Crippen molar-refractivity contribution in [2.24, 2.45) is 0 Å². The maximum absolute atomic E-state index is 13.5. The number of halogens is 2. The standard InChI is InChI=1S/C11H13F2N3/c1-15-3-4-16(2)11-9(12)5-8(7-14)6-10(11)13/h5-6,15H,3-4H2,1-2H3. The second kappa shape index (κ2) is 5.42. The van der Waals surface area contributed by atoms with Crippen LogP contribution in [-0.4, -0.2) is 27.2 Å². The fourth-order valence-corrected chi connectivity index (χ4v) is 1.39. The molecule has 5 heteroatoms. The van der Waals surface area contributed by atoms with Crippen molar-refractivity contribution < 1.29 is 8.78 Å². The van der Waals surface area contributed by atoms with Gasteiger partial charge < -0.3 is 10.2 Å². The number of likely N-dealkylation sites (N-methyl/N-ethyl adjacent to an activating group) is 2. The maximum Gasteiger partial charge on any atom is 0.150 e. The molecule has 0 saturated carbocycles. The highest BCUT2D eigenvalue weighted by Gasteiger charge is 2.14. The van der Waals surface area contributed by atoms with Crippen LogP contribution in [0.25, 0.3) is 0 Å². The molecule has 86 valence electrons. The van der Waals surface area contributed by atoms with Crippen LogP contribution in [0.15, 0.2) is 12.1 Å². The quantitative estimate of drug-likeness (QED) is 0.843.